The number of rotatable bonds is 8. The summed E-state index contributed by atoms with van der Waals surface area (Å²) < 4.78 is 35.6. The molecule has 7 nitrogen and oxygen atoms in total. The molecule has 1 aromatic heterocycles. The fourth-order valence-electron chi connectivity index (χ4n) is 3.82. The largest absolute Gasteiger partial charge is 0.492 e. The number of hydrogen-bond donors (Lipinski definition) is 1. The summed E-state index contributed by atoms with van der Waals surface area (Å²) in [6, 6.07) is 14.2. The summed E-state index contributed by atoms with van der Waals surface area (Å²) in [6.07, 6.45) is 9.27. The lowest BCUT2D eigenvalue weighted by atomic mass is 9.84. The van der Waals surface area contributed by atoms with Gasteiger partial charge in [-0.15, -0.1) is 0 Å². The van der Waals surface area contributed by atoms with Gasteiger partial charge in [-0.3, -0.25) is 4.72 Å². The van der Waals surface area contributed by atoms with Crippen LogP contribution in [0.5, 0.6) is 5.75 Å². The Morgan fingerprint density at radius 2 is 1.87 bits per heavy atom. The summed E-state index contributed by atoms with van der Waals surface area (Å²) in [5, 5.41) is 4.02. The number of sulfonamides is 1. The quantitative estimate of drug-likeness (QED) is 0.583. The first-order valence-corrected chi connectivity index (χ1v) is 11.8. The van der Waals surface area contributed by atoms with Gasteiger partial charge in [-0.25, -0.2) is 18.1 Å². The number of aromatic nitrogens is 3. The van der Waals surface area contributed by atoms with Crippen LogP contribution in [0.1, 0.15) is 43.6 Å². The fourth-order valence-corrected chi connectivity index (χ4v) is 4.87. The van der Waals surface area contributed by atoms with E-state index in [9.17, 15) is 8.42 Å². The molecule has 0 amide bonds. The van der Waals surface area contributed by atoms with Crippen molar-refractivity contribution in [1.29, 1.82) is 0 Å². The highest BCUT2D eigenvalue weighted by Gasteiger charge is 2.18. The van der Waals surface area contributed by atoms with Gasteiger partial charge in [-0.1, -0.05) is 37.5 Å². The minimum atomic E-state index is -3.66. The van der Waals surface area contributed by atoms with E-state index in [2.05, 4.69) is 14.8 Å². The molecule has 3 aromatic rings. The lowest BCUT2D eigenvalue weighted by molar-refractivity contribution is 0.291. The van der Waals surface area contributed by atoms with E-state index in [1.54, 1.807) is 47.4 Å². The third kappa shape index (κ3) is 5.18. The van der Waals surface area contributed by atoms with E-state index in [0.717, 1.165) is 0 Å². The van der Waals surface area contributed by atoms with Crippen molar-refractivity contribution < 1.29 is 13.2 Å². The van der Waals surface area contributed by atoms with Crippen LogP contribution >= 0.6 is 0 Å². The predicted molar refractivity (Wildman–Crippen MR) is 115 cm³/mol. The molecule has 0 bridgehead atoms. The molecule has 1 N–H and O–H groups in total. The first kappa shape index (κ1) is 20.4. The van der Waals surface area contributed by atoms with E-state index in [1.165, 1.54) is 44.0 Å². The second-order valence-corrected chi connectivity index (χ2v) is 9.23. The standard InChI is InChI=1S/C22H26N4O3S/c27-30(28,22-11-9-19(10-12-22)18-5-2-1-3-6-18)25-20-7-4-8-21(15-20)29-14-13-26-17-23-16-24-26/h4,7-12,15-18,25H,1-3,5-6,13-14H2. The van der Waals surface area contributed by atoms with Crippen LogP contribution in [0.2, 0.25) is 0 Å². The molecule has 2 aromatic carbocycles. The zero-order chi connectivity index (χ0) is 20.8. The number of nitrogens with zero attached hydrogens (tertiary/aromatic N) is 3. The lowest BCUT2D eigenvalue weighted by Crippen LogP contribution is -2.13. The normalized spacial score (nSPS) is 15.1. The van der Waals surface area contributed by atoms with E-state index in [1.807, 2.05) is 12.1 Å². The Morgan fingerprint density at radius 1 is 1.07 bits per heavy atom. The minimum absolute atomic E-state index is 0.263. The van der Waals surface area contributed by atoms with Crippen molar-refractivity contribution in [1.82, 2.24) is 14.8 Å². The van der Waals surface area contributed by atoms with Crippen LogP contribution in [0, 0.1) is 0 Å². The number of nitrogens with one attached hydrogen (secondary N) is 1. The molecule has 30 heavy (non-hydrogen) atoms. The van der Waals surface area contributed by atoms with Crippen LogP contribution in [-0.4, -0.2) is 29.8 Å². The molecule has 0 atom stereocenters. The van der Waals surface area contributed by atoms with Crippen LogP contribution in [0.15, 0.2) is 66.1 Å². The third-order valence-electron chi connectivity index (χ3n) is 5.41. The van der Waals surface area contributed by atoms with Gasteiger partial charge in [0.2, 0.25) is 0 Å². The molecule has 0 spiro atoms. The smallest absolute Gasteiger partial charge is 0.261 e. The Balaban J connectivity index is 1.38. The highest BCUT2D eigenvalue weighted by Crippen LogP contribution is 2.33. The molecule has 0 aliphatic heterocycles. The Hall–Kier alpha value is -2.87. The average Bonchev–Trinajstić information content (AvgIpc) is 3.28. The van der Waals surface area contributed by atoms with Crippen molar-refractivity contribution in [3.63, 3.8) is 0 Å². The van der Waals surface area contributed by atoms with Gasteiger partial charge >= 0.3 is 0 Å². The van der Waals surface area contributed by atoms with Gasteiger partial charge in [0.1, 0.15) is 25.0 Å². The van der Waals surface area contributed by atoms with E-state index >= 15 is 0 Å². The number of benzene rings is 2. The summed E-state index contributed by atoms with van der Waals surface area (Å²) in [5.41, 5.74) is 1.70. The van der Waals surface area contributed by atoms with Crippen molar-refractivity contribution in [3.05, 3.63) is 66.7 Å². The Labute approximate surface area is 177 Å². The van der Waals surface area contributed by atoms with Crippen molar-refractivity contribution >= 4 is 15.7 Å². The maximum absolute atomic E-state index is 12.8. The minimum Gasteiger partial charge on any atom is -0.492 e. The van der Waals surface area contributed by atoms with Crippen LogP contribution in [0.4, 0.5) is 5.69 Å². The number of anilines is 1. The van der Waals surface area contributed by atoms with Crippen LogP contribution < -0.4 is 9.46 Å². The Kier molecular flexibility index (Phi) is 6.32. The Bertz CT molecular complexity index is 1040. The first-order chi connectivity index (χ1) is 14.6. The van der Waals surface area contributed by atoms with E-state index in [4.69, 9.17) is 4.74 Å². The molecule has 1 saturated carbocycles. The molecule has 8 heteroatoms. The maximum atomic E-state index is 12.8. The van der Waals surface area contributed by atoms with Gasteiger partial charge < -0.3 is 4.74 Å². The van der Waals surface area contributed by atoms with Crippen molar-refractivity contribution in [2.75, 3.05) is 11.3 Å². The van der Waals surface area contributed by atoms with Gasteiger partial charge in [0.05, 0.1) is 17.1 Å². The summed E-state index contributed by atoms with van der Waals surface area (Å²) in [4.78, 5) is 4.15. The van der Waals surface area contributed by atoms with Crippen LogP contribution in [0.25, 0.3) is 0 Å². The molecule has 158 valence electrons. The molecular formula is C22H26N4O3S. The molecule has 0 unspecified atom stereocenters. The first-order valence-electron chi connectivity index (χ1n) is 10.3. The van der Waals surface area contributed by atoms with Gasteiger partial charge in [-0.05, 0) is 48.6 Å². The highest BCUT2D eigenvalue weighted by molar-refractivity contribution is 7.92. The van der Waals surface area contributed by atoms with Gasteiger partial charge in [-0.2, -0.15) is 5.10 Å². The molecule has 0 radical (unpaired) electrons. The zero-order valence-electron chi connectivity index (χ0n) is 16.8. The number of ether oxygens (including phenoxy) is 1. The average molecular weight is 427 g/mol. The van der Waals surface area contributed by atoms with Crippen molar-refractivity contribution in [2.24, 2.45) is 0 Å². The summed E-state index contributed by atoms with van der Waals surface area (Å²) in [7, 11) is -3.66. The molecule has 1 fully saturated rings. The maximum Gasteiger partial charge on any atom is 0.261 e. The molecule has 4 rings (SSSR count). The van der Waals surface area contributed by atoms with Crippen LogP contribution in [-0.2, 0) is 16.6 Å². The lowest BCUT2D eigenvalue weighted by Gasteiger charge is -2.22. The second-order valence-electron chi connectivity index (χ2n) is 7.54. The molecule has 1 aliphatic rings. The van der Waals surface area contributed by atoms with Gasteiger partial charge in [0.25, 0.3) is 10.0 Å². The van der Waals surface area contributed by atoms with Gasteiger partial charge in [0, 0.05) is 6.07 Å². The Morgan fingerprint density at radius 3 is 2.60 bits per heavy atom. The third-order valence-corrected chi connectivity index (χ3v) is 6.81. The second kappa shape index (κ2) is 9.30. The van der Waals surface area contributed by atoms with Crippen molar-refractivity contribution in [2.45, 2.75) is 49.5 Å². The highest BCUT2D eigenvalue weighted by atomic mass is 32.2. The van der Waals surface area contributed by atoms with E-state index < -0.39 is 10.0 Å². The van der Waals surface area contributed by atoms with Crippen LogP contribution in [0.3, 0.4) is 0 Å². The number of hydrogen-bond acceptors (Lipinski definition) is 5. The van der Waals surface area contributed by atoms with Crippen molar-refractivity contribution in [3.8, 4) is 5.75 Å². The zero-order valence-corrected chi connectivity index (χ0v) is 17.6. The topological polar surface area (TPSA) is 86.1 Å². The SMILES string of the molecule is O=S(=O)(Nc1cccc(OCCn2cncn2)c1)c1ccc(C2CCCCC2)cc1. The molecular weight excluding hydrogens is 400 g/mol. The van der Waals surface area contributed by atoms with E-state index in [-0.39, 0.29) is 4.90 Å². The van der Waals surface area contributed by atoms with Gasteiger partial charge in [0.15, 0.2) is 0 Å². The summed E-state index contributed by atoms with van der Waals surface area (Å²) >= 11 is 0. The molecule has 1 aliphatic carbocycles. The fraction of sp³-hybridized carbons (Fsp3) is 0.364. The predicted octanol–water partition coefficient (Wildman–Crippen LogP) is 4.21. The van der Waals surface area contributed by atoms with E-state index in [0.29, 0.717) is 30.5 Å². The monoisotopic (exact) mass is 426 g/mol. The molecule has 1 heterocycles. The molecule has 0 saturated heterocycles. The summed E-state index contributed by atoms with van der Waals surface area (Å²) in [6.45, 7) is 0.964. The summed E-state index contributed by atoms with van der Waals surface area (Å²) in [5.74, 6) is 1.14.